The second kappa shape index (κ2) is 4.70. The summed E-state index contributed by atoms with van der Waals surface area (Å²) in [4.78, 5) is 4.01. The van der Waals surface area contributed by atoms with Crippen molar-refractivity contribution in [3.63, 3.8) is 0 Å². The van der Waals surface area contributed by atoms with E-state index < -0.39 is 6.35 Å². The topological polar surface area (TPSA) is 26.7 Å². The van der Waals surface area contributed by atoms with Gasteiger partial charge in [-0.05, 0) is 24.3 Å². The Bertz CT molecular complexity index is 453. The van der Waals surface area contributed by atoms with Gasteiger partial charge in [0, 0.05) is 24.5 Å². The molecule has 2 aromatic carbocycles. The van der Waals surface area contributed by atoms with Crippen molar-refractivity contribution >= 4 is 11.4 Å². The molecule has 18 heavy (non-hydrogen) atoms. The number of aliphatic hydroxyl groups is 1. The first kappa shape index (κ1) is 11.1. The Hall–Kier alpha value is -2.00. The lowest BCUT2D eigenvalue weighted by molar-refractivity contribution is 0.188. The largest absolute Gasteiger partial charge is 0.356 e. The Labute approximate surface area is 107 Å². The van der Waals surface area contributed by atoms with Crippen LogP contribution in [-0.2, 0) is 0 Å². The van der Waals surface area contributed by atoms with Gasteiger partial charge in [0.2, 0.25) is 6.35 Å². The fourth-order valence-corrected chi connectivity index (χ4v) is 2.38. The van der Waals surface area contributed by atoms with Gasteiger partial charge in [-0.25, -0.2) is 0 Å². The summed E-state index contributed by atoms with van der Waals surface area (Å²) < 4.78 is 0. The summed E-state index contributed by atoms with van der Waals surface area (Å²) in [6.07, 6.45) is -0.588. The van der Waals surface area contributed by atoms with E-state index in [1.54, 1.807) is 0 Å². The van der Waals surface area contributed by atoms with Crippen molar-refractivity contribution < 1.29 is 5.11 Å². The average Bonchev–Trinajstić information content (AvgIpc) is 2.83. The van der Waals surface area contributed by atoms with Crippen LogP contribution in [0.1, 0.15) is 0 Å². The molecular formula is C15H16N2O. The molecule has 1 aliphatic heterocycles. The lowest BCUT2D eigenvalue weighted by atomic mass is 10.3. The molecule has 1 heterocycles. The molecule has 0 atom stereocenters. The molecule has 1 fully saturated rings. The summed E-state index contributed by atoms with van der Waals surface area (Å²) in [5, 5.41) is 10.4. The minimum Gasteiger partial charge on any atom is -0.356 e. The number of anilines is 2. The van der Waals surface area contributed by atoms with Crippen molar-refractivity contribution in [2.45, 2.75) is 6.35 Å². The monoisotopic (exact) mass is 240 g/mol. The summed E-state index contributed by atoms with van der Waals surface area (Å²) in [7, 11) is 0. The average molecular weight is 240 g/mol. The molecule has 1 saturated heterocycles. The molecule has 0 aromatic heterocycles. The fourth-order valence-electron chi connectivity index (χ4n) is 2.38. The first-order valence-corrected chi connectivity index (χ1v) is 6.18. The first-order valence-electron chi connectivity index (χ1n) is 6.18. The molecule has 1 aliphatic rings. The zero-order chi connectivity index (χ0) is 12.4. The Kier molecular flexibility index (Phi) is 2.90. The molecule has 3 rings (SSSR count). The van der Waals surface area contributed by atoms with E-state index in [9.17, 15) is 5.11 Å². The van der Waals surface area contributed by atoms with E-state index in [0.29, 0.717) is 0 Å². The maximum Gasteiger partial charge on any atom is 0.208 e. The highest BCUT2D eigenvalue weighted by Crippen LogP contribution is 2.26. The van der Waals surface area contributed by atoms with Gasteiger partial charge in [0.05, 0.1) is 0 Å². The van der Waals surface area contributed by atoms with Gasteiger partial charge >= 0.3 is 0 Å². The molecule has 0 spiro atoms. The van der Waals surface area contributed by atoms with E-state index in [1.807, 2.05) is 70.5 Å². The maximum absolute atomic E-state index is 10.4. The molecule has 0 saturated carbocycles. The van der Waals surface area contributed by atoms with Crippen LogP contribution in [0.3, 0.4) is 0 Å². The van der Waals surface area contributed by atoms with Gasteiger partial charge in [-0.3, -0.25) is 0 Å². The van der Waals surface area contributed by atoms with Crippen molar-refractivity contribution in [2.24, 2.45) is 0 Å². The standard InChI is InChI=1S/C15H16N2O/c18-15-16(13-7-3-1-4-8-13)11-12-17(15)14-9-5-2-6-10-14/h1-10,15,18H,11-12H2. The van der Waals surface area contributed by atoms with E-state index in [2.05, 4.69) is 0 Å². The lowest BCUT2D eigenvalue weighted by Crippen LogP contribution is -2.38. The highest BCUT2D eigenvalue weighted by Gasteiger charge is 2.30. The Morgan fingerprint density at radius 2 is 1.11 bits per heavy atom. The van der Waals surface area contributed by atoms with Gasteiger partial charge in [-0.1, -0.05) is 36.4 Å². The van der Waals surface area contributed by atoms with Crippen molar-refractivity contribution in [1.82, 2.24) is 0 Å². The minimum absolute atomic E-state index is 0.588. The Morgan fingerprint density at radius 1 is 0.722 bits per heavy atom. The number of rotatable bonds is 2. The van der Waals surface area contributed by atoms with Crippen molar-refractivity contribution in [3.8, 4) is 0 Å². The van der Waals surface area contributed by atoms with E-state index >= 15 is 0 Å². The summed E-state index contributed by atoms with van der Waals surface area (Å²) >= 11 is 0. The second-order valence-electron chi connectivity index (χ2n) is 4.40. The third kappa shape index (κ3) is 1.93. The van der Waals surface area contributed by atoms with Crippen LogP contribution in [0.2, 0.25) is 0 Å². The third-order valence-electron chi connectivity index (χ3n) is 3.32. The molecule has 3 nitrogen and oxygen atoms in total. The van der Waals surface area contributed by atoms with Crippen LogP contribution in [0, 0.1) is 0 Å². The van der Waals surface area contributed by atoms with Crippen molar-refractivity contribution in [3.05, 3.63) is 60.7 Å². The van der Waals surface area contributed by atoms with Crippen LogP contribution < -0.4 is 9.80 Å². The molecule has 2 aromatic rings. The number of nitrogens with zero attached hydrogens (tertiary/aromatic N) is 2. The van der Waals surface area contributed by atoms with E-state index in [1.165, 1.54) is 0 Å². The van der Waals surface area contributed by atoms with Gasteiger partial charge in [0.25, 0.3) is 0 Å². The smallest absolute Gasteiger partial charge is 0.208 e. The summed E-state index contributed by atoms with van der Waals surface area (Å²) in [6, 6.07) is 20.0. The van der Waals surface area contributed by atoms with Crippen LogP contribution in [0.4, 0.5) is 11.4 Å². The van der Waals surface area contributed by atoms with Gasteiger partial charge in [0.1, 0.15) is 0 Å². The molecule has 0 aliphatic carbocycles. The highest BCUT2D eigenvalue weighted by molar-refractivity contribution is 5.55. The molecule has 92 valence electrons. The van der Waals surface area contributed by atoms with Crippen LogP contribution >= 0.6 is 0 Å². The summed E-state index contributed by atoms with van der Waals surface area (Å²) in [5.74, 6) is 0. The van der Waals surface area contributed by atoms with E-state index in [0.717, 1.165) is 24.5 Å². The van der Waals surface area contributed by atoms with E-state index in [-0.39, 0.29) is 0 Å². The Morgan fingerprint density at radius 3 is 1.50 bits per heavy atom. The predicted octanol–water partition coefficient (Wildman–Crippen LogP) is 2.29. The fraction of sp³-hybridized carbons (Fsp3) is 0.200. The zero-order valence-corrected chi connectivity index (χ0v) is 10.1. The van der Waals surface area contributed by atoms with Gasteiger partial charge in [-0.2, -0.15) is 0 Å². The number of para-hydroxylation sites is 2. The van der Waals surface area contributed by atoms with Crippen LogP contribution in [0.15, 0.2) is 60.7 Å². The molecule has 0 radical (unpaired) electrons. The summed E-state index contributed by atoms with van der Waals surface area (Å²) in [6.45, 7) is 1.67. The number of aliphatic hydroxyl groups excluding tert-OH is 1. The maximum atomic E-state index is 10.4. The van der Waals surface area contributed by atoms with Crippen molar-refractivity contribution in [1.29, 1.82) is 0 Å². The molecule has 1 N–H and O–H groups in total. The number of benzene rings is 2. The number of hydrogen-bond donors (Lipinski definition) is 1. The normalized spacial score (nSPS) is 16.3. The quantitative estimate of drug-likeness (QED) is 0.872. The second-order valence-corrected chi connectivity index (χ2v) is 4.40. The molecule has 0 unspecified atom stereocenters. The lowest BCUT2D eigenvalue weighted by Gasteiger charge is -2.28. The summed E-state index contributed by atoms with van der Waals surface area (Å²) in [5.41, 5.74) is 2.12. The van der Waals surface area contributed by atoms with Gasteiger partial charge in [0.15, 0.2) is 0 Å². The minimum atomic E-state index is -0.588. The predicted molar refractivity (Wildman–Crippen MR) is 73.6 cm³/mol. The SMILES string of the molecule is OC1N(c2ccccc2)CCN1c1ccccc1. The van der Waals surface area contributed by atoms with Gasteiger partial charge in [-0.15, -0.1) is 0 Å². The molecule has 0 bridgehead atoms. The zero-order valence-electron chi connectivity index (χ0n) is 10.1. The van der Waals surface area contributed by atoms with Crippen LogP contribution in [-0.4, -0.2) is 24.5 Å². The van der Waals surface area contributed by atoms with Crippen LogP contribution in [0.25, 0.3) is 0 Å². The molecule has 0 amide bonds. The van der Waals surface area contributed by atoms with Crippen molar-refractivity contribution in [2.75, 3.05) is 22.9 Å². The van der Waals surface area contributed by atoms with Gasteiger partial charge < -0.3 is 14.9 Å². The number of hydrogen-bond acceptors (Lipinski definition) is 3. The van der Waals surface area contributed by atoms with Crippen LogP contribution in [0.5, 0.6) is 0 Å². The Balaban J connectivity index is 1.83. The van der Waals surface area contributed by atoms with E-state index in [4.69, 9.17) is 0 Å². The highest BCUT2D eigenvalue weighted by atomic mass is 16.3. The first-order chi connectivity index (χ1) is 8.86. The molecule has 3 heteroatoms. The third-order valence-corrected chi connectivity index (χ3v) is 3.32. The molecular weight excluding hydrogens is 224 g/mol.